The molecule has 4 rings (SSSR count). The topological polar surface area (TPSA) is 53.7 Å². The second-order valence-corrected chi connectivity index (χ2v) is 7.51. The maximum atomic E-state index is 11.7. The third-order valence-corrected chi connectivity index (χ3v) is 5.58. The summed E-state index contributed by atoms with van der Waals surface area (Å²) in [4.78, 5) is 20.8. The van der Waals surface area contributed by atoms with Gasteiger partial charge < -0.3 is 9.80 Å². The summed E-state index contributed by atoms with van der Waals surface area (Å²) in [6.45, 7) is 8.07. The monoisotopic (exact) mass is 341 g/mol. The number of nitrogens with zero attached hydrogens (tertiary/aromatic N) is 5. The third-order valence-electron chi connectivity index (χ3n) is 5.58. The smallest absolute Gasteiger partial charge is 0.222 e. The summed E-state index contributed by atoms with van der Waals surface area (Å²) in [7, 11) is 0. The van der Waals surface area contributed by atoms with Gasteiger partial charge in [0.2, 0.25) is 5.91 Å². The van der Waals surface area contributed by atoms with Crippen molar-refractivity contribution < 1.29 is 4.79 Å². The van der Waals surface area contributed by atoms with Crippen LogP contribution in [0, 0.1) is 19.8 Å². The minimum Gasteiger partial charge on any atom is -0.356 e. The fraction of sp³-hybridized carbons (Fsp3) is 0.632. The fourth-order valence-corrected chi connectivity index (χ4v) is 4.15. The Kier molecular flexibility index (Phi) is 4.36. The van der Waals surface area contributed by atoms with E-state index in [0.29, 0.717) is 5.91 Å². The molecule has 0 unspecified atom stereocenters. The molecule has 2 aromatic rings. The molecule has 6 heteroatoms. The van der Waals surface area contributed by atoms with Gasteiger partial charge in [-0.05, 0) is 45.4 Å². The molecular formula is C19H27N5O. The lowest BCUT2D eigenvalue weighted by Crippen LogP contribution is -2.36. The van der Waals surface area contributed by atoms with E-state index in [4.69, 9.17) is 0 Å². The number of aromatic nitrogens is 3. The number of aryl methyl sites for hydroxylation is 2. The van der Waals surface area contributed by atoms with Crippen LogP contribution in [0.25, 0.3) is 5.65 Å². The lowest BCUT2D eigenvalue weighted by molar-refractivity contribution is -0.127. The van der Waals surface area contributed by atoms with Gasteiger partial charge in [0.05, 0.1) is 5.69 Å². The Bertz CT molecular complexity index is 775. The molecule has 0 N–H and O–H groups in total. The van der Waals surface area contributed by atoms with E-state index < -0.39 is 0 Å². The number of amides is 1. The van der Waals surface area contributed by atoms with Crippen LogP contribution in [0.4, 0.5) is 5.82 Å². The lowest BCUT2D eigenvalue weighted by Gasteiger charge is -2.34. The van der Waals surface area contributed by atoms with Crippen molar-refractivity contribution in [3.8, 4) is 0 Å². The van der Waals surface area contributed by atoms with Gasteiger partial charge in [-0.2, -0.15) is 9.61 Å². The molecule has 0 aliphatic carbocycles. The van der Waals surface area contributed by atoms with Crippen LogP contribution in [-0.2, 0) is 4.79 Å². The third kappa shape index (κ3) is 3.34. The summed E-state index contributed by atoms with van der Waals surface area (Å²) in [6, 6.07) is 4.18. The molecule has 0 saturated carbocycles. The van der Waals surface area contributed by atoms with Gasteiger partial charge >= 0.3 is 0 Å². The highest BCUT2D eigenvalue weighted by Gasteiger charge is 2.25. The molecule has 0 aromatic carbocycles. The Labute approximate surface area is 148 Å². The number of piperidine rings is 1. The van der Waals surface area contributed by atoms with Crippen molar-refractivity contribution in [1.82, 2.24) is 19.5 Å². The number of rotatable bonds is 4. The first-order valence-electron chi connectivity index (χ1n) is 9.47. The maximum Gasteiger partial charge on any atom is 0.222 e. The van der Waals surface area contributed by atoms with Crippen LogP contribution in [-0.4, -0.2) is 51.6 Å². The average molecular weight is 341 g/mol. The Morgan fingerprint density at radius 1 is 1.12 bits per heavy atom. The highest BCUT2D eigenvalue weighted by Crippen LogP contribution is 2.27. The van der Waals surface area contributed by atoms with Crippen molar-refractivity contribution in [1.29, 1.82) is 0 Å². The van der Waals surface area contributed by atoms with Crippen molar-refractivity contribution in [3.05, 3.63) is 23.5 Å². The van der Waals surface area contributed by atoms with Crippen molar-refractivity contribution in [2.24, 2.45) is 5.92 Å². The minimum absolute atomic E-state index is 0.348. The molecule has 2 saturated heterocycles. The number of fused-ring (bicyclic) bond motifs is 1. The molecule has 2 aliphatic rings. The molecule has 2 aliphatic heterocycles. The van der Waals surface area contributed by atoms with Gasteiger partial charge in [0.1, 0.15) is 5.82 Å². The molecule has 25 heavy (non-hydrogen) atoms. The molecule has 0 radical (unpaired) electrons. The Morgan fingerprint density at radius 2 is 1.92 bits per heavy atom. The van der Waals surface area contributed by atoms with Crippen LogP contribution in [0.1, 0.15) is 43.5 Å². The number of hydrogen-bond donors (Lipinski definition) is 0. The van der Waals surface area contributed by atoms with E-state index in [-0.39, 0.29) is 0 Å². The zero-order valence-corrected chi connectivity index (χ0v) is 15.2. The van der Waals surface area contributed by atoms with Crippen LogP contribution < -0.4 is 4.90 Å². The number of anilines is 1. The van der Waals surface area contributed by atoms with Crippen LogP contribution in [0.15, 0.2) is 12.1 Å². The lowest BCUT2D eigenvalue weighted by atomic mass is 9.93. The molecule has 0 spiro atoms. The Balaban J connectivity index is 1.39. The van der Waals surface area contributed by atoms with Gasteiger partial charge in [0.25, 0.3) is 0 Å². The second-order valence-electron chi connectivity index (χ2n) is 7.51. The summed E-state index contributed by atoms with van der Waals surface area (Å²) in [5.41, 5.74) is 2.98. The molecule has 0 bridgehead atoms. The zero-order valence-electron chi connectivity index (χ0n) is 15.2. The number of hydrogen-bond acceptors (Lipinski definition) is 4. The van der Waals surface area contributed by atoms with Gasteiger partial charge in [-0.3, -0.25) is 4.79 Å². The van der Waals surface area contributed by atoms with Gasteiger partial charge in [0, 0.05) is 50.4 Å². The Morgan fingerprint density at radius 3 is 2.64 bits per heavy atom. The van der Waals surface area contributed by atoms with E-state index in [1.807, 2.05) is 24.4 Å². The first-order valence-corrected chi connectivity index (χ1v) is 9.47. The zero-order chi connectivity index (χ0) is 17.4. The summed E-state index contributed by atoms with van der Waals surface area (Å²) in [5.74, 6) is 2.23. The molecule has 4 heterocycles. The summed E-state index contributed by atoms with van der Waals surface area (Å²) >= 11 is 0. The van der Waals surface area contributed by atoms with Crippen LogP contribution >= 0.6 is 0 Å². The van der Waals surface area contributed by atoms with Crippen molar-refractivity contribution >= 4 is 17.4 Å². The van der Waals surface area contributed by atoms with E-state index in [1.165, 1.54) is 12.8 Å². The van der Waals surface area contributed by atoms with Gasteiger partial charge in [-0.1, -0.05) is 0 Å². The quantitative estimate of drug-likeness (QED) is 0.858. The molecule has 0 atom stereocenters. The normalized spacial score (nSPS) is 19.4. The van der Waals surface area contributed by atoms with Crippen LogP contribution in [0.2, 0.25) is 0 Å². The van der Waals surface area contributed by atoms with Gasteiger partial charge in [-0.15, -0.1) is 0 Å². The van der Waals surface area contributed by atoms with Crippen molar-refractivity contribution in [2.45, 2.75) is 46.0 Å². The highest BCUT2D eigenvalue weighted by molar-refractivity contribution is 5.78. The number of carbonyl (C=O) groups excluding carboxylic acids is 1. The largest absolute Gasteiger partial charge is 0.356 e. The molecule has 1 amide bonds. The van der Waals surface area contributed by atoms with Crippen molar-refractivity contribution in [2.75, 3.05) is 31.1 Å². The average Bonchev–Trinajstić information content (AvgIpc) is 3.17. The molecular weight excluding hydrogens is 314 g/mol. The molecule has 2 aromatic heterocycles. The predicted molar refractivity (Wildman–Crippen MR) is 97.8 cm³/mol. The van der Waals surface area contributed by atoms with Crippen LogP contribution in [0.3, 0.4) is 0 Å². The van der Waals surface area contributed by atoms with E-state index in [1.54, 1.807) is 0 Å². The number of likely N-dealkylation sites (tertiary alicyclic amines) is 1. The fourth-order valence-electron chi connectivity index (χ4n) is 4.15. The summed E-state index contributed by atoms with van der Waals surface area (Å²) < 4.78 is 1.98. The van der Waals surface area contributed by atoms with Crippen molar-refractivity contribution in [3.63, 3.8) is 0 Å². The standard InChI is InChI=1S/C19H27N5O/c1-14-13-18(24-17(20-14)12-15(2)21-24)22-9-5-16(6-10-22)7-11-23-8-3-4-19(23)25/h12-13,16H,3-11H2,1-2H3. The predicted octanol–water partition coefficient (Wildman–Crippen LogP) is 2.58. The van der Waals surface area contributed by atoms with Gasteiger partial charge in [-0.25, -0.2) is 4.98 Å². The van der Waals surface area contributed by atoms with Crippen LogP contribution in [0.5, 0.6) is 0 Å². The van der Waals surface area contributed by atoms with E-state index in [2.05, 4.69) is 25.9 Å². The van der Waals surface area contributed by atoms with E-state index in [0.717, 1.165) is 74.2 Å². The second kappa shape index (κ2) is 6.65. The first kappa shape index (κ1) is 16.4. The number of carbonyl (C=O) groups is 1. The summed E-state index contributed by atoms with van der Waals surface area (Å²) in [5, 5.41) is 4.61. The first-order chi connectivity index (χ1) is 12.1. The molecule has 2 fully saturated rings. The van der Waals surface area contributed by atoms with Gasteiger partial charge in [0.15, 0.2) is 5.65 Å². The highest BCUT2D eigenvalue weighted by atomic mass is 16.2. The molecule has 6 nitrogen and oxygen atoms in total. The molecule has 134 valence electrons. The maximum absolute atomic E-state index is 11.7. The SMILES string of the molecule is Cc1cc(N2CCC(CCN3CCCC3=O)CC2)n2nc(C)cc2n1. The summed E-state index contributed by atoms with van der Waals surface area (Å²) in [6.07, 6.45) is 5.30. The Hall–Kier alpha value is -2.11. The van der Waals surface area contributed by atoms with E-state index >= 15 is 0 Å². The van der Waals surface area contributed by atoms with E-state index in [9.17, 15) is 4.79 Å². The minimum atomic E-state index is 0.348.